The molecule has 6 nitrogen and oxygen atoms in total. The SMILES string of the molecule is C[C@@H](N)C(=O)Nc1ncn[nH]1.Cl. The zero-order valence-corrected chi connectivity index (χ0v) is 7.26. The van der Waals surface area contributed by atoms with E-state index in [1.807, 2.05) is 0 Å². The molecule has 0 spiro atoms. The Bertz CT molecular complexity index is 234. The van der Waals surface area contributed by atoms with E-state index < -0.39 is 6.04 Å². The Balaban J connectivity index is 0.00000121. The Kier molecular flexibility index (Phi) is 4.24. The molecular formula is C5H10ClN5O. The molecule has 1 heterocycles. The molecule has 0 saturated heterocycles. The van der Waals surface area contributed by atoms with E-state index in [1.54, 1.807) is 6.92 Å². The second-order valence-electron chi connectivity index (χ2n) is 2.11. The first kappa shape index (κ1) is 10.9. The second-order valence-corrected chi connectivity index (χ2v) is 2.11. The number of nitrogens with two attached hydrogens (primary N) is 1. The fourth-order valence-corrected chi connectivity index (χ4v) is 0.496. The van der Waals surface area contributed by atoms with Gasteiger partial charge in [0, 0.05) is 0 Å². The maximum Gasteiger partial charge on any atom is 0.243 e. The number of halogens is 1. The van der Waals surface area contributed by atoms with Gasteiger partial charge in [-0.3, -0.25) is 10.1 Å². The number of rotatable bonds is 2. The molecule has 68 valence electrons. The lowest BCUT2D eigenvalue weighted by Gasteiger charge is -2.02. The van der Waals surface area contributed by atoms with E-state index in [-0.39, 0.29) is 18.3 Å². The third-order valence-electron chi connectivity index (χ3n) is 1.07. The van der Waals surface area contributed by atoms with Gasteiger partial charge in [-0.05, 0) is 6.92 Å². The maximum atomic E-state index is 10.9. The van der Waals surface area contributed by atoms with Gasteiger partial charge in [-0.25, -0.2) is 5.10 Å². The molecule has 1 aromatic heterocycles. The largest absolute Gasteiger partial charge is 0.320 e. The van der Waals surface area contributed by atoms with E-state index in [0.29, 0.717) is 5.95 Å². The number of nitrogens with one attached hydrogen (secondary N) is 2. The van der Waals surface area contributed by atoms with E-state index in [2.05, 4.69) is 20.5 Å². The van der Waals surface area contributed by atoms with E-state index >= 15 is 0 Å². The summed E-state index contributed by atoms with van der Waals surface area (Å²) in [5.74, 6) is 0.0223. The minimum Gasteiger partial charge on any atom is -0.320 e. The molecule has 4 N–H and O–H groups in total. The van der Waals surface area contributed by atoms with Gasteiger partial charge >= 0.3 is 0 Å². The maximum absolute atomic E-state index is 10.9. The molecule has 1 aromatic rings. The average Bonchev–Trinajstić information content (AvgIpc) is 2.39. The number of nitrogens with zero attached hydrogens (tertiary/aromatic N) is 2. The molecule has 0 unspecified atom stereocenters. The molecule has 7 heteroatoms. The van der Waals surface area contributed by atoms with E-state index in [1.165, 1.54) is 6.33 Å². The van der Waals surface area contributed by atoms with Crippen molar-refractivity contribution in [2.24, 2.45) is 5.73 Å². The van der Waals surface area contributed by atoms with Crippen molar-refractivity contribution >= 4 is 24.3 Å². The summed E-state index contributed by atoms with van der Waals surface area (Å²) >= 11 is 0. The highest BCUT2D eigenvalue weighted by Gasteiger charge is 2.07. The quantitative estimate of drug-likeness (QED) is 0.588. The second kappa shape index (κ2) is 4.68. The third kappa shape index (κ3) is 2.85. The van der Waals surface area contributed by atoms with Crippen LogP contribution >= 0.6 is 12.4 Å². The first-order valence-electron chi connectivity index (χ1n) is 3.12. The van der Waals surface area contributed by atoms with Crippen LogP contribution in [0.25, 0.3) is 0 Å². The number of amides is 1. The first-order chi connectivity index (χ1) is 5.20. The highest BCUT2D eigenvalue weighted by Crippen LogP contribution is 1.92. The van der Waals surface area contributed by atoms with Gasteiger partial charge in [-0.15, -0.1) is 12.4 Å². The van der Waals surface area contributed by atoms with Crippen LogP contribution in [0, 0.1) is 0 Å². The number of anilines is 1. The fourth-order valence-electron chi connectivity index (χ4n) is 0.496. The van der Waals surface area contributed by atoms with Crippen LogP contribution in [0.4, 0.5) is 5.95 Å². The number of hydrogen-bond donors (Lipinski definition) is 3. The average molecular weight is 192 g/mol. The number of carbonyl (C=O) groups excluding carboxylic acids is 1. The minimum absolute atomic E-state index is 0. The van der Waals surface area contributed by atoms with Gasteiger partial charge in [0.2, 0.25) is 11.9 Å². The smallest absolute Gasteiger partial charge is 0.243 e. The molecule has 1 atom stereocenters. The molecule has 1 amide bonds. The van der Waals surface area contributed by atoms with Crippen molar-refractivity contribution in [1.29, 1.82) is 0 Å². The summed E-state index contributed by atoms with van der Waals surface area (Å²) < 4.78 is 0. The summed E-state index contributed by atoms with van der Waals surface area (Å²) in [4.78, 5) is 14.6. The van der Waals surface area contributed by atoms with Gasteiger partial charge in [-0.1, -0.05) is 0 Å². The van der Waals surface area contributed by atoms with Crippen LogP contribution in [0.15, 0.2) is 6.33 Å². The molecular weight excluding hydrogens is 182 g/mol. The summed E-state index contributed by atoms with van der Waals surface area (Å²) in [5, 5.41) is 8.45. The number of H-pyrrole nitrogens is 1. The van der Waals surface area contributed by atoms with Crippen molar-refractivity contribution < 1.29 is 4.79 Å². The molecule has 12 heavy (non-hydrogen) atoms. The Morgan fingerprint density at radius 2 is 2.50 bits per heavy atom. The number of aromatic nitrogens is 3. The van der Waals surface area contributed by atoms with Crippen LogP contribution in [0.1, 0.15) is 6.92 Å². The minimum atomic E-state index is -0.542. The molecule has 0 saturated carbocycles. The Hall–Kier alpha value is -1.14. The lowest BCUT2D eigenvalue weighted by molar-refractivity contribution is -0.117. The molecule has 0 aromatic carbocycles. The lowest BCUT2D eigenvalue weighted by Crippen LogP contribution is -2.32. The van der Waals surface area contributed by atoms with Crippen LogP contribution in [0.5, 0.6) is 0 Å². The zero-order chi connectivity index (χ0) is 8.27. The van der Waals surface area contributed by atoms with Crippen molar-refractivity contribution in [3.05, 3.63) is 6.33 Å². The van der Waals surface area contributed by atoms with Crippen molar-refractivity contribution in [3.8, 4) is 0 Å². The predicted molar refractivity (Wildman–Crippen MR) is 45.9 cm³/mol. The first-order valence-corrected chi connectivity index (χ1v) is 3.12. The third-order valence-corrected chi connectivity index (χ3v) is 1.07. The van der Waals surface area contributed by atoms with E-state index in [9.17, 15) is 4.79 Å². The standard InChI is InChI=1S/C5H9N5O.ClH/c1-3(6)4(11)9-5-7-2-8-10-5;/h2-3H,6H2,1H3,(H2,7,8,9,10,11);1H/t3-;/m1./s1. The Morgan fingerprint density at radius 1 is 1.83 bits per heavy atom. The van der Waals surface area contributed by atoms with Crippen LogP contribution in [0.3, 0.4) is 0 Å². The summed E-state index contributed by atoms with van der Waals surface area (Å²) in [7, 11) is 0. The molecule has 0 aliphatic rings. The molecule has 0 radical (unpaired) electrons. The highest BCUT2D eigenvalue weighted by molar-refractivity contribution is 5.92. The van der Waals surface area contributed by atoms with Gasteiger partial charge in [0.15, 0.2) is 0 Å². The van der Waals surface area contributed by atoms with Crippen molar-refractivity contribution in [2.75, 3.05) is 5.32 Å². The van der Waals surface area contributed by atoms with Gasteiger partial charge in [-0.2, -0.15) is 10.1 Å². The number of hydrogen-bond acceptors (Lipinski definition) is 4. The normalized spacial score (nSPS) is 11.5. The van der Waals surface area contributed by atoms with Gasteiger partial charge in [0.1, 0.15) is 6.33 Å². The Labute approximate surface area is 75.3 Å². The van der Waals surface area contributed by atoms with Crippen LogP contribution in [-0.4, -0.2) is 27.1 Å². The van der Waals surface area contributed by atoms with Gasteiger partial charge < -0.3 is 5.73 Å². The predicted octanol–water partition coefficient (Wildman–Crippen LogP) is -0.488. The van der Waals surface area contributed by atoms with Crippen LogP contribution < -0.4 is 11.1 Å². The fraction of sp³-hybridized carbons (Fsp3) is 0.400. The molecule has 0 fully saturated rings. The summed E-state index contributed by atoms with van der Waals surface area (Å²) in [6.45, 7) is 1.59. The topological polar surface area (TPSA) is 96.7 Å². The molecule has 0 aliphatic carbocycles. The number of aromatic amines is 1. The van der Waals surface area contributed by atoms with E-state index in [4.69, 9.17) is 5.73 Å². The summed E-state index contributed by atoms with van der Waals surface area (Å²) in [6, 6.07) is -0.542. The monoisotopic (exact) mass is 191 g/mol. The van der Waals surface area contributed by atoms with Crippen molar-refractivity contribution in [3.63, 3.8) is 0 Å². The van der Waals surface area contributed by atoms with Gasteiger partial charge in [0.05, 0.1) is 6.04 Å². The summed E-state index contributed by atoms with van der Waals surface area (Å²) in [5.41, 5.74) is 5.28. The molecule has 0 aliphatic heterocycles. The molecule has 0 bridgehead atoms. The van der Waals surface area contributed by atoms with Crippen LogP contribution in [-0.2, 0) is 4.79 Å². The lowest BCUT2D eigenvalue weighted by atomic mass is 10.3. The van der Waals surface area contributed by atoms with E-state index in [0.717, 1.165) is 0 Å². The van der Waals surface area contributed by atoms with Gasteiger partial charge in [0.25, 0.3) is 0 Å². The van der Waals surface area contributed by atoms with Crippen molar-refractivity contribution in [2.45, 2.75) is 13.0 Å². The molecule has 1 rings (SSSR count). The Morgan fingerprint density at radius 3 is 2.92 bits per heavy atom. The zero-order valence-electron chi connectivity index (χ0n) is 6.44. The number of carbonyl (C=O) groups is 1. The summed E-state index contributed by atoms with van der Waals surface area (Å²) in [6.07, 6.45) is 1.30. The van der Waals surface area contributed by atoms with Crippen molar-refractivity contribution in [1.82, 2.24) is 15.2 Å². The highest BCUT2D eigenvalue weighted by atomic mass is 35.5. The van der Waals surface area contributed by atoms with Crippen LogP contribution in [0.2, 0.25) is 0 Å².